The highest BCUT2D eigenvalue weighted by atomic mass is 19.1. The summed E-state index contributed by atoms with van der Waals surface area (Å²) >= 11 is 0. The Balaban J connectivity index is 1.64. The summed E-state index contributed by atoms with van der Waals surface area (Å²) in [6, 6.07) is 5.82. The third-order valence-electron chi connectivity index (χ3n) is 7.02. The van der Waals surface area contributed by atoms with E-state index in [4.69, 9.17) is 4.74 Å². The van der Waals surface area contributed by atoms with Crippen LogP contribution in [-0.4, -0.2) is 5.97 Å². The van der Waals surface area contributed by atoms with Crippen LogP contribution in [0.25, 0.3) is 0 Å². The van der Waals surface area contributed by atoms with Crippen molar-refractivity contribution in [3.8, 4) is 5.75 Å². The maximum atomic E-state index is 13.1. The highest BCUT2D eigenvalue weighted by Crippen LogP contribution is 2.48. The van der Waals surface area contributed by atoms with Crippen molar-refractivity contribution in [3.05, 3.63) is 30.1 Å². The van der Waals surface area contributed by atoms with E-state index >= 15 is 0 Å². The molecule has 0 saturated heterocycles. The van der Waals surface area contributed by atoms with Gasteiger partial charge in [0.15, 0.2) is 0 Å². The molecule has 2 saturated carbocycles. The van der Waals surface area contributed by atoms with E-state index in [0.717, 1.165) is 63.2 Å². The van der Waals surface area contributed by atoms with Crippen molar-refractivity contribution in [2.75, 3.05) is 0 Å². The number of carbonyl (C=O) groups excluding carboxylic acids is 1. The highest BCUT2D eigenvalue weighted by Gasteiger charge is 2.44. The molecule has 0 aliphatic heterocycles. The largest absolute Gasteiger partial charge is 0.426 e. The third kappa shape index (κ3) is 5.33. The lowest BCUT2D eigenvalue weighted by Crippen LogP contribution is -2.40. The van der Waals surface area contributed by atoms with E-state index in [1.54, 1.807) is 12.1 Å². The molecule has 3 heteroatoms. The summed E-state index contributed by atoms with van der Waals surface area (Å²) in [5, 5.41) is 0. The summed E-state index contributed by atoms with van der Waals surface area (Å²) in [5.74, 6) is 1.74. The first-order valence-corrected chi connectivity index (χ1v) is 11.1. The van der Waals surface area contributed by atoms with Gasteiger partial charge in [0, 0.05) is 0 Å². The Hall–Kier alpha value is -1.38. The molecule has 2 aliphatic rings. The van der Waals surface area contributed by atoms with Gasteiger partial charge in [0.05, 0.1) is 5.41 Å². The standard InChI is InChI=1S/C24H35FO2/c1-2-3-7-16-24(23(26)27-22-12-10-21(25)11-13-22)17-14-20(15-18-24)19-8-5-4-6-9-19/h10-13,19-20H,2-9,14-18H2,1H3/t20-,24+. The Kier molecular flexibility index (Phi) is 7.32. The van der Waals surface area contributed by atoms with Gasteiger partial charge in [0.1, 0.15) is 11.6 Å². The fourth-order valence-corrected chi connectivity index (χ4v) is 5.26. The molecule has 27 heavy (non-hydrogen) atoms. The van der Waals surface area contributed by atoms with Crippen molar-refractivity contribution in [2.45, 2.75) is 90.4 Å². The first kappa shape index (κ1) is 20.4. The van der Waals surface area contributed by atoms with E-state index in [-0.39, 0.29) is 17.2 Å². The second-order valence-corrected chi connectivity index (χ2v) is 8.82. The Bertz CT molecular complexity index is 581. The molecule has 0 amide bonds. The fraction of sp³-hybridized carbons (Fsp3) is 0.708. The summed E-state index contributed by atoms with van der Waals surface area (Å²) in [5.41, 5.74) is -0.339. The number of hydrogen-bond acceptors (Lipinski definition) is 2. The van der Waals surface area contributed by atoms with Crippen LogP contribution in [-0.2, 0) is 4.79 Å². The van der Waals surface area contributed by atoms with E-state index in [0.29, 0.717) is 5.75 Å². The molecular formula is C24H35FO2. The zero-order valence-electron chi connectivity index (χ0n) is 16.9. The Morgan fingerprint density at radius 3 is 2.26 bits per heavy atom. The zero-order chi connectivity index (χ0) is 19.1. The van der Waals surface area contributed by atoms with E-state index in [1.807, 2.05) is 0 Å². The second-order valence-electron chi connectivity index (χ2n) is 8.82. The quantitative estimate of drug-likeness (QED) is 0.290. The molecular weight excluding hydrogens is 339 g/mol. The number of hydrogen-bond donors (Lipinski definition) is 0. The summed E-state index contributed by atoms with van der Waals surface area (Å²) in [6.07, 6.45) is 15.5. The van der Waals surface area contributed by atoms with Crippen molar-refractivity contribution in [1.29, 1.82) is 0 Å². The lowest BCUT2D eigenvalue weighted by Gasteiger charge is -2.41. The molecule has 0 spiro atoms. The van der Waals surface area contributed by atoms with Crippen LogP contribution in [0, 0.1) is 23.1 Å². The molecule has 2 aliphatic carbocycles. The molecule has 0 aromatic heterocycles. The molecule has 2 nitrogen and oxygen atoms in total. The van der Waals surface area contributed by atoms with Crippen molar-refractivity contribution >= 4 is 5.97 Å². The molecule has 3 rings (SSSR count). The lowest BCUT2D eigenvalue weighted by molar-refractivity contribution is -0.149. The predicted molar refractivity (Wildman–Crippen MR) is 107 cm³/mol. The zero-order valence-corrected chi connectivity index (χ0v) is 16.9. The number of halogens is 1. The maximum Gasteiger partial charge on any atom is 0.317 e. The Morgan fingerprint density at radius 1 is 1.00 bits per heavy atom. The number of unbranched alkanes of at least 4 members (excludes halogenated alkanes) is 2. The van der Waals surface area contributed by atoms with Gasteiger partial charge in [-0.3, -0.25) is 4.79 Å². The summed E-state index contributed by atoms with van der Waals surface area (Å²) < 4.78 is 18.9. The monoisotopic (exact) mass is 374 g/mol. The van der Waals surface area contributed by atoms with Crippen LogP contribution in [0.1, 0.15) is 90.4 Å². The van der Waals surface area contributed by atoms with E-state index in [1.165, 1.54) is 44.2 Å². The minimum absolute atomic E-state index is 0.0905. The first-order chi connectivity index (χ1) is 13.1. The normalized spacial score (nSPS) is 26.7. The van der Waals surface area contributed by atoms with E-state index in [2.05, 4.69) is 6.92 Å². The van der Waals surface area contributed by atoms with E-state index < -0.39 is 0 Å². The molecule has 1 aromatic rings. The molecule has 0 N–H and O–H groups in total. The second kappa shape index (κ2) is 9.71. The molecule has 0 heterocycles. The maximum absolute atomic E-state index is 13.1. The third-order valence-corrected chi connectivity index (χ3v) is 7.02. The first-order valence-electron chi connectivity index (χ1n) is 11.1. The van der Waals surface area contributed by atoms with Gasteiger partial charge in [0.2, 0.25) is 0 Å². The Morgan fingerprint density at radius 2 is 1.63 bits per heavy atom. The van der Waals surface area contributed by atoms with E-state index in [9.17, 15) is 9.18 Å². The minimum Gasteiger partial charge on any atom is -0.426 e. The Labute approximate surface area is 163 Å². The lowest BCUT2D eigenvalue weighted by atomic mass is 9.63. The average molecular weight is 375 g/mol. The van der Waals surface area contributed by atoms with Crippen LogP contribution >= 0.6 is 0 Å². The molecule has 0 unspecified atom stereocenters. The molecule has 150 valence electrons. The number of esters is 1. The topological polar surface area (TPSA) is 26.3 Å². The smallest absolute Gasteiger partial charge is 0.317 e. The van der Waals surface area contributed by atoms with Crippen molar-refractivity contribution in [1.82, 2.24) is 0 Å². The molecule has 1 aromatic carbocycles. The molecule has 2 fully saturated rings. The van der Waals surface area contributed by atoms with Gasteiger partial charge in [-0.2, -0.15) is 0 Å². The fourth-order valence-electron chi connectivity index (χ4n) is 5.26. The van der Waals surface area contributed by atoms with Gasteiger partial charge < -0.3 is 4.74 Å². The SMILES string of the molecule is CCCCC[C@]1(C(=O)Oc2ccc(F)cc2)CC[C@@H](C2CCCCC2)CC1. The highest BCUT2D eigenvalue weighted by molar-refractivity contribution is 5.79. The van der Waals surface area contributed by atoms with Crippen LogP contribution in [0.4, 0.5) is 4.39 Å². The van der Waals surface area contributed by atoms with Crippen LogP contribution in [0.5, 0.6) is 5.75 Å². The van der Waals surface area contributed by atoms with Crippen LogP contribution in [0.3, 0.4) is 0 Å². The minimum atomic E-state index is -0.339. The van der Waals surface area contributed by atoms with Gasteiger partial charge >= 0.3 is 5.97 Å². The number of benzene rings is 1. The van der Waals surface area contributed by atoms with Crippen molar-refractivity contribution in [2.24, 2.45) is 17.3 Å². The number of ether oxygens (including phenoxy) is 1. The predicted octanol–water partition coefficient (Wildman–Crippen LogP) is 7.07. The van der Waals surface area contributed by atoms with Crippen molar-refractivity contribution < 1.29 is 13.9 Å². The van der Waals surface area contributed by atoms with Gasteiger partial charge in [0.25, 0.3) is 0 Å². The van der Waals surface area contributed by atoms with Crippen LogP contribution in [0.15, 0.2) is 24.3 Å². The van der Waals surface area contributed by atoms with Crippen LogP contribution < -0.4 is 4.74 Å². The molecule has 0 atom stereocenters. The number of carbonyl (C=O) groups is 1. The van der Waals surface area contributed by atoms with Gasteiger partial charge in [-0.1, -0.05) is 58.3 Å². The average Bonchev–Trinajstić information content (AvgIpc) is 2.71. The van der Waals surface area contributed by atoms with Crippen molar-refractivity contribution in [3.63, 3.8) is 0 Å². The van der Waals surface area contributed by atoms with Gasteiger partial charge in [-0.05, 0) is 68.2 Å². The summed E-state index contributed by atoms with van der Waals surface area (Å²) in [6.45, 7) is 2.20. The van der Waals surface area contributed by atoms with Crippen LogP contribution in [0.2, 0.25) is 0 Å². The molecule has 0 radical (unpaired) electrons. The molecule has 0 bridgehead atoms. The summed E-state index contributed by atoms with van der Waals surface area (Å²) in [4.78, 5) is 13.1. The number of rotatable bonds is 7. The van der Waals surface area contributed by atoms with Gasteiger partial charge in [-0.15, -0.1) is 0 Å². The summed E-state index contributed by atoms with van der Waals surface area (Å²) in [7, 11) is 0. The van der Waals surface area contributed by atoms with Gasteiger partial charge in [-0.25, -0.2) is 4.39 Å².